The summed E-state index contributed by atoms with van der Waals surface area (Å²) in [7, 11) is 8.96. The Morgan fingerprint density at radius 2 is 1.63 bits per heavy atom. The zero-order chi connectivity index (χ0) is 46.5. The molecule has 1 saturated heterocycles. The van der Waals surface area contributed by atoms with Gasteiger partial charge in [0.2, 0.25) is 0 Å². The second-order valence-corrected chi connectivity index (χ2v) is 19.5. The number of aliphatic hydroxyl groups is 2. The molecule has 2 N–H and O–H groups in total. The lowest BCUT2D eigenvalue weighted by atomic mass is 9.84. The summed E-state index contributed by atoms with van der Waals surface area (Å²) in [6, 6.07) is -0.413. The number of ether oxygens (including phenoxy) is 6. The first-order chi connectivity index (χ1) is 29.3. The van der Waals surface area contributed by atoms with E-state index in [1.165, 1.54) is 6.08 Å². The van der Waals surface area contributed by atoms with Crippen molar-refractivity contribution in [1.82, 2.24) is 4.90 Å². The molecule has 2 aliphatic heterocycles. The molecule has 0 saturated carbocycles. The second-order valence-electron chi connectivity index (χ2n) is 19.5. The van der Waals surface area contributed by atoms with Crippen LogP contribution in [0.5, 0.6) is 0 Å². The molecule has 62 heavy (non-hydrogen) atoms. The molecule has 0 bridgehead atoms. The first kappa shape index (κ1) is 55.8. The van der Waals surface area contributed by atoms with E-state index in [2.05, 4.69) is 40.7 Å². The van der Waals surface area contributed by atoms with Crippen LogP contribution in [0.2, 0.25) is 0 Å². The van der Waals surface area contributed by atoms with Gasteiger partial charge in [-0.15, -0.1) is 0 Å². The average Bonchev–Trinajstić information content (AvgIpc) is 3.23. The number of esters is 2. The highest BCUT2D eigenvalue weighted by atomic mass is 16.6. The summed E-state index contributed by atoms with van der Waals surface area (Å²) in [5.74, 6) is -1.06. The van der Waals surface area contributed by atoms with Gasteiger partial charge in [-0.05, 0) is 115 Å². The van der Waals surface area contributed by atoms with E-state index < -0.39 is 36.4 Å². The van der Waals surface area contributed by atoms with Gasteiger partial charge in [-0.3, -0.25) is 9.69 Å². The Kier molecular flexibility index (Phi) is 26.3. The molecule has 0 aliphatic carbocycles. The Morgan fingerprint density at radius 1 is 0.919 bits per heavy atom. The van der Waals surface area contributed by atoms with Crippen LogP contribution >= 0.6 is 0 Å². The number of carbonyl (C=O) groups is 2. The zero-order valence-corrected chi connectivity index (χ0v) is 41.2. The Bertz CT molecular complexity index is 1390. The van der Waals surface area contributed by atoms with Gasteiger partial charge in [-0.25, -0.2) is 4.79 Å². The van der Waals surface area contributed by atoms with E-state index in [1.807, 2.05) is 64.9 Å². The first-order valence-electron chi connectivity index (χ1n) is 23.6. The van der Waals surface area contributed by atoms with E-state index in [4.69, 9.17) is 28.4 Å². The van der Waals surface area contributed by atoms with Crippen molar-refractivity contribution in [3.05, 3.63) is 48.1 Å². The Balaban J connectivity index is 2.41. The van der Waals surface area contributed by atoms with E-state index in [-0.39, 0.29) is 60.2 Å². The van der Waals surface area contributed by atoms with Gasteiger partial charge in [0.1, 0.15) is 18.2 Å². The molecule has 0 spiro atoms. The number of cyclic esters (lactones) is 1. The zero-order valence-electron chi connectivity index (χ0n) is 41.2. The number of hydrogen-bond acceptors (Lipinski definition) is 11. The first-order valence-corrected chi connectivity index (χ1v) is 23.6. The molecule has 11 heteroatoms. The van der Waals surface area contributed by atoms with Gasteiger partial charge in [0.25, 0.3) is 0 Å². The molecule has 0 aromatic rings. The molecule has 0 aromatic heterocycles. The molecule has 358 valence electrons. The fourth-order valence-electron chi connectivity index (χ4n) is 8.97. The van der Waals surface area contributed by atoms with Gasteiger partial charge in [0.15, 0.2) is 0 Å². The second kappa shape index (κ2) is 29.2. The normalized spacial score (nSPS) is 35.0. The minimum Gasteiger partial charge on any atom is -0.460 e. The van der Waals surface area contributed by atoms with Crippen LogP contribution in [0.25, 0.3) is 0 Å². The molecule has 1 fully saturated rings. The fraction of sp³-hybridized carbons (Fsp3) is 0.804. The molecular formula is C51H89NO10. The smallest absolute Gasteiger partial charge is 0.331 e. The maximum absolute atomic E-state index is 13.6. The van der Waals surface area contributed by atoms with Crippen molar-refractivity contribution >= 4 is 11.9 Å². The van der Waals surface area contributed by atoms with Crippen LogP contribution in [0.1, 0.15) is 133 Å². The summed E-state index contributed by atoms with van der Waals surface area (Å²) in [5.41, 5.74) is 1.16. The highest BCUT2D eigenvalue weighted by molar-refractivity contribution is 5.82. The van der Waals surface area contributed by atoms with Gasteiger partial charge in [-0.2, -0.15) is 0 Å². The lowest BCUT2D eigenvalue weighted by Gasteiger charge is -2.35. The molecule has 0 amide bonds. The summed E-state index contributed by atoms with van der Waals surface area (Å²) in [4.78, 5) is 28.9. The number of likely N-dealkylation sites (N-methyl/N-ethyl adjacent to an activating group) is 1. The summed E-state index contributed by atoms with van der Waals surface area (Å²) in [6.45, 7) is 18.5. The Labute approximate surface area is 377 Å². The number of nitrogens with zero attached hydrogens (tertiary/aromatic N) is 1. The van der Waals surface area contributed by atoms with Crippen molar-refractivity contribution in [1.29, 1.82) is 0 Å². The van der Waals surface area contributed by atoms with E-state index in [0.29, 0.717) is 31.1 Å². The van der Waals surface area contributed by atoms with Crippen molar-refractivity contribution in [3.63, 3.8) is 0 Å². The maximum Gasteiger partial charge on any atom is 0.331 e. The fourth-order valence-corrected chi connectivity index (χ4v) is 8.97. The Hall–Kier alpha value is -2.38. The maximum atomic E-state index is 13.6. The number of rotatable bonds is 14. The summed E-state index contributed by atoms with van der Waals surface area (Å²) < 4.78 is 36.0. The van der Waals surface area contributed by atoms with E-state index >= 15 is 0 Å². The van der Waals surface area contributed by atoms with Gasteiger partial charge in [0.05, 0.1) is 42.7 Å². The largest absolute Gasteiger partial charge is 0.460 e. The number of allylic oxidation sites excluding steroid dienone is 3. The minimum absolute atomic E-state index is 0.0538. The standard InChI is InChI=1S/C51H89NO10/c1-33(2)29-44(52(10)11)51(56)62-47-20-16-15-17-22-48(53)61-46(39(8)49(54)36(5)25-27-42-32-43(58-13)31-38(7)60-42)21-18-19-41(57-12)30-34(3)23-24-35(4)45(59-14)28-26-37(6)50(55)40(47)9/h15-19,22,24,33-34,36-47,49-50,54-55H,20-21,23,25-32H2,1-14H3/b16-15+,19-18+,22-17+,35-24+/t34-,36+,37-,38+,39-,40-,41+,42+,43-,44?,45+,46+,47?,49+,50-/m1/s1. The third-order valence-corrected chi connectivity index (χ3v) is 13.4. The van der Waals surface area contributed by atoms with Gasteiger partial charge >= 0.3 is 11.9 Å². The lowest BCUT2D eigenvalue weighted by Crippen LogP contribution is -2.43. The van der Waals surface area contributed by atoms with Crippen LogP contribution in [-0.2, 0) is 38.0 Å². The molecule has 15 atom stereocenters. The van der Waals surface area contributed by atoms with Crippen molar-refractivity contribution in [2.24, 2.45) is 35.5 Å². The minimum atomic E-state index is -0.731. The third-order valence-electron chi connectivity index (χ3n) is 13.4. The number of hydrogen-bond donors (Lipinski definition) is 2. The molecule has 2 aliphatic rings. The van der Waals surface area contributed by atoms with Crippen LogP contribution in [0.15, 0.2) is 48.1 Å². The van der Waals surface area contributed by atoms with Crippen molar-refractivity contribution < 1.29 is 48.2 Å². The van der Waals surface area contributed by atoms with Gasteiger partial charge < -0.3 is 38.6 Å². The number of carbonyl (C=O) groups excluding carboxylic acids is 2. The molecule has 2 unspecified atom stereocenters. The number of methoxy groups -OCH3 is 3. The molecule has 0 radical (unpaired) electrons. The third kappa shape index (κ3) is 19.8. The average molecular weight is 876 g/mol. The predicted octanol–water partition coefficient (Wildman–Crippen LogP) is 9.05. The van der Waals surface area contributed by atoms with Crippen molar-refractivity contribution in [2.75, 3.05) is 35.4 Å². The Morgan fingerprint density at radius 3 is 2.26 bits per heavy atom. The molecule has 2 rings (SSSR count). The topological polar surface area (TPSA) is 133 Å². The highest BCUT2D eigenvalue weighted by Gasteiger charge is 2.35. The SMILES string of the molecule is CO[C@H]1C[C@H](CC[C@H](C)[C@H](O)[C@H](C)[C@@H]2C/C=C/[C@H](OC)C[C@H](C)C/C=C(\C)[C@@H](OC)CC[C@@H](C)[C@@H](O)[C@H](C)C(OC(=O)C(CC(C)C)N(C)C)C/C=C/C=C/C(=O)O2)O[C@@H](C)C1. The van der Waals surface area contributed by atoms with Crippen molar-refractivity contribution in [3.8, 4) is 0 Å². The van der Waals surface area contributed by atoms with Gasteiger partial charge in [-0.1, -0.05) is 84.9 Å². The molecule has 2 heterocycles. The lowest BCUT2D eigenvalue weighted by molar-refractivity contribution is -0.160. The van der Waals surface area contributed by atoms with Crippen LogP contribution in [0, 0.1) is 35.5 Å². The number of aliphatic hydroxyl groups excluding tert-OH is 2. The molecular weight excluding hydrogens is 787 g/mol. The van der Waals surface area contributed by atoms with Crippen LogP contribution in [0.3, 0.4) is 0 Å². The van der Waals surface area contributed by atoms with E-state index in [9.17, 15) is 19.8 Å². The molecule has 11 nitrogen and oxygen atoms in total. The van der Waals surface area contributed by atoms with E-state index in [0.717, 1.165) is 56.9 Å². The highest BCUT2D eigenvalue weighted by Crippen LogP contribution is 2.31. The quantitative estimate of drug-likeness (QED) is 0.128. The summed E-state index contributed by atoms with van der Waals surface area (Å²) in [6.07, 6.45) is 18.3. The predicted molar refractivity (Wildman–Crippen MR) is 249 cm³/mol. The van der Waals surface area contributed by atoms with Crippen molar-refractivity contribution in [2.45, 2.75) is 194 Å². The van der Waals surface area contributed by atoms with Gasteiger partial charge in [0, 0.05) is 52.1 Å². The monoisotopic (exact) mass is 876 g/mol. The summed E-state index contributed by atoms with van der Waals surface area (Å²) >= 11 is 0. The van der Waals surface area contributed by atoms with Crippen LogP contribution in [0.4, 0.5) is 0 Å². The van der Waals surface area contributed by atoms with E-state index in [1.54, 1.807) is 33.5 Å². The summed E-state index contributed by atoms with van der Waals surface area (Å²) in [5, 5.41) is 23.4. The molecule has 0 aromatic carbocycles. The van der Waals surface area contributed by atoms with Crippen LogP contribution in [-0.4, -0.2) is 123 Å². The van der Waals surface area contributed by atoms with Crippen LogP contribution < -0.4 is 0 Å².